The minimum absolute atomic E-state index is 0.658. The number of amidine groups is 1. The molecule has 0 unspecified atom stereocenters. The molecule has 0 aromatic carbocycles. The Bertz CT molecular complexity index is 319. The average molecular weight is 218 g/mol. The largest absolute Gasteiger partial charge is 0.308 e. The second kappa shape index (κ2) is 4.60. The Morgan fingerprint density at radius 1 is 1.77 bits per heavy atom. The van der Waals surface area contributed by atoms with Crippen molar-refractivity contribution in [3.63, 3.8) is 0 Å². The normalized spacial score (nSPS) is 11.8. The Balaban J connectivity index is 3.05. The van der Waals surface area contributed by atoms with Crippen molar-refractivity contribution in [3.05, 3.63) is 20.8 Å². The van der Waals surface area contributed by atoms with Crippen LogP contribution in [0.3, 0.4) is 0 Å². The molecular formula is C8H12ClN3S. The summed E-state index contributed by atoms with van der Waals surface area (Å²) < 4.78 is 0. The van der Waals surface area contributed by atoms with Gasteiger partial charge in [0, 0.05) is 6.54 Å². The van der Waals surface area contributed by atoms with Gasteiger partial charge in [-0.25, -0.2) is 5.84 Å². The molecule has 0 atom stereocenters. The first-order valence-corrected chi connectivity index (χ1v) is 5.21. The molecule has 1 rings (SSSR count). The maximum absolute atomic E-state index is 6.05. The summed E-state index contributed by atoms with van der Waals surface area (Å²) in [5, 5.41) is 2.72. The highest BCUT2D eigenvalue weighted by atomic mass is 35.5. The van der Waals surface area contributed by atoms with Gasteiger partial charge in [-0.3, -0.25) is 4.99 Å². The smallest absolute Gasteiger partial charge is 0.154 e. The lowest BCUT2D eigenvalue weighted by Gasteiger charge is -2.02. The average Bonchev–Trinajstić information content (AvgIpc) is 2.45. The van der Waals surface area contributed by atoms with E-state index in [1.807, 2.05) is 19.2 Å². The van der Waals surface area contributed by atoms with E-state index in [1.165, 1.54) is 0 Å². The number of hydrogen-bond donors (Lipinski definition) is 2. The van der Waals surface area contributed by atoms with Gasteiger partial charge in [-0.1, -0.05) is 11.6 Å². The molecule has 0 fully saturated rings. The molecule has 0 aliphatic carbocycles. The number of nitrogens with two attached hydrogens (primary N) is 1. The molecular weight excluding hydrogens is 206 g/mol. The molecule has 0 saturated heterocycles. The van der Waals surface area contributed by atoms with E-state index in [4.69, 9.17) is 17.4 Å². The van der Waals surface area contributed by atoms with Crippen LogP contribution in [0.5, 0.6) is 0 Å². The molecule has 1 aromatic heterocycles. The first-order valence-electron chi connectivity index (χ1n) is 3.95. The summed E-state index contributed by atoms with van der Waals surface area (Å²) in [4.78, 5) is 5.10. The predicted molar refractivity (Wildman–Crippen MR) is 58.5 cm³/mol. The van der Waals surface area contributed by atoms with Crippen molar-refractivity contribution in [1.82, 2.24) is 5.43 Å². The molecule has 72 valence electrons. The number of halogens is 1. The van der Waals surface area contributed by atoms with Crippen LogP contribution in [-0.2, 0) is 0 Å². The summed E-state index contributed by atoms with van der Waals surface area (Å²) in [7, 11) is 0. The van der Waals surface area contributed by atoms with Gasteiger partial charge in [0.1, 0.15) is 0 Å². The molecule has 13 heavy (non-hydrogen) atoms. The topological polar surface area (TPSA) is 50.4 Å². The lowest BCUT2D eigenvalue weighted by Crippen LogP contribution is -2.30. The van der Waals surface area contributed by atoms with Gasteiger partial charge in [-0.2, -0.15) is 0 Å². The molecule has 0 radical (unpaired) electrons. The lowest BCUT2D eigenvalue weighted by molar-refractivity contribution is 0.995. The molecule has 0 saturated carbocycles. The SMILES string of the molecule is CCN=C(NN)c1scc(C)c1Cl. The fourth-order valence-corrected chi connectivity index (χ4v) is 2.19. The summed E-state index contributed by atoms with van der Waals surface area (Å²) in [6, 6.07) is 0. The molecule has 3 nitrogen and oxygen atoms in total. The Kier molecular flexibility index (Phi) is 3.71. The second-order valence-electron chi connectivity index (χ2n) is 2.53. The highest BCUT2D eigenvalue weighted by Crippen LogP contribution is 2.26. The van der Waals surface area contributed by atoms with Crippen LogP contribution in [0.15, 0.2) is 10.4 Å². The molecule has 1 heterocycles. The van der Waals surface area contributed by atoms with E-state index in [1.54, 1.807) is 11.3 Å². The zero-order chi connectivity index (χ0) is 9.84. The number of rotatable bonds is 2. The van der Waals surface area contributed by atoms with Crippen LogP contribution in [0, 0.1) is 6.92 Å². The minimum atomic E-state index is 0.658. The number of aliphatic imine (C=N–C) groups is 1. The van der Waals surface area contributed by atoms with E-state index in [0.717, 1.165) is 15.5 Å². The number of nitrogens with zero attached hydrogens (tertiary/aromatic N) is 1. The number of hydrazine groups is 1. The molecule has 0 spiro atoms. The third-order valence-electron chi connectivity index (χ3n) is 1.57. The van der Waals surface area contributed by atoms with Gasteiger partial charge in [0.15, 0.2) is 5.84 Å². The highest BCUT2D eigenvalue weighted by Gasteiger charge is 2.10. The van der Waals surface area contributed by atoms with Gasteiger partial charge in [0.25, 0.3) is 0 Å². The Labute approximate surface area is 86.6 Å². The summed E-state index contributed by atoms with van der Waals surface area (Å²) >= 11 is 7.60. The first-order chi connectivity index (χ1) is 6.20. The third kappa shape index (κ3) is 2.21. The van der Waals surface area contributed by atoms with Crippen molar-refractivity contribution in [1.29, 1.82) is 0 Å². The van der Waals surface area contributed by atoms with Crippen molar-refractivity contribution in [2.45, 2.75) is 13.8 Å². The molecule has 3 N–H and O–H groups in total. The number of hydrogen-bond acceptors (Lipinski definition) is 3. The number of nitrogens with one attached hydrogen (secondary N) is 1. The molecule has 0 aliphatic heterocycles. The number of thiophene rings is 1. The van der Waals surface area contributed by atoms with Crippen LogP contribution in [-0.4, -0.2) is 12.4 Å². The standard InChI is InChI=1S/C8H12ClN3S/c1-3-11-8(12-10)7-6(9)5(2)4-13-7/h4H,3,10H2,1-2H3,(H,11,12). The summed E-state index contributed by atoms with van der Waals surface area (Å²) in [6.07, 6.45) is 0. The zero-order valence-electron chi connectivity index (χ0n) is 7.60. The Morgan fingerprint density at radius 3 is 2.85 bits per heavy atom. The van der Waals surface area contributed by atoms with Crippen LogP contribution in [0.25, 0.3) is 0 Å². The van der Waals surface area contributed by atoms with E-state index in [9.17, 15) is 0 Å². The lowest BCUT2D eigenvalue weighted by atomic mass is 10.3. The van der Waals surface area contributed by atoms with E-state index >= 15 is 0 Å². The van der Waals surface area contributed by atoms with Crippen LogP contribution in [0.4, 0.5) is 0 Å². The first kappa shape index (κ1) is 10.5. The van der Waals surface area contributed by atoms with Gasteiger partial charge in [-0.15, -0.1) is 11.3 Å². The van der Waals surface area contributed by atoms with Crippen molar-refractivity contribution in [3.8, 4) is 0 Å². The van der Waals surface area contributed by atoms with Gasteiger partial charge >= 0.3 is 0 Å². The van der Waals surface area contributed by atoms with Crippen molar-refractivity contribution >= 4 is 28.8 Å². The fraction of sp³-hybridized carbons (Fsp3) is 0.375. The zero-order valence-corrected chi connectivity index (χ0v) is 9.17. The summed E-state index contributed by atoms with van der Waals surface area (Å²) in [6.45, 7) is 4.60. The monoisotopic (exact) mass is 217 g/mol. The fourth-order valence-electron chi connectivity index (χ4n) is 0.931. The number of aryl methyl sites for hydroxylation is 1. The molecule has 0 bridgehead atoms. The maximum Gasteiger partial charge on any atom is 0.154 e. The highest BCUT2D eigenvalue weighted by molar-refractivity contribution is 7.13. The quantitative estimate of drug-likeness (QED) is 0.344. The van der Waals surface area contributed by atoms with Gasteiger partial charge in [0.2, 0.25) is 0 Å². The van der Waals surface area contributed by atoms with Crippen LogP contribution in [0.1, 0.15) is 17.4 Å². The Hall–Kier alpha value is -0.580. The molecule has 0 amide bonds. The minimum Gasteiger partial charge on any atom is -0.308 e. The summed E-state index contributed by atoms with van der Waals surface area (Å²) in [5.41, 5.74) is 3.61. The van der Waals surface area contributed by atoms with E-state index < -0.39 is 0 Å². The Morgan fingerprint density at radius 2 is 2.46 bits per heavy atom. The second-order valence-corrected chi connectivity index (χ2v) is 3.79. The predicted octanol–water partition coefficient (Wildman–Crippen LogP) is 1.94. The van der Waals surface area contributed by atoms with Crippen LogP contribution >= 0.6 is 22.9 Å². The third-order valence-corrected chi connectivity index (χ3v) is 3.27. The molecule has 5 heteroatoms. The van der Waals surface area contributed by atoms with Crippen molar-refractivity contribution < 1.29 is 0 Å². The van der Waals surface area contributed by atoms with Gasteiger partial charge in [-0.05, 0) is 24.8 Å². The van der Waals surface area contributed by atoms with Crippen LogP contribution in [0.2, 0.25) is 5.02 Å². The molecule has 0 aliphatic rings. The van der Waals surface area contributed by atoms with Crippen molar-refractivity contribution in [2.75, 3.05) is 6.54 Å². The van der Waals surface area contributed by atoms with E-state index in [-0.39, 0.29) is 0 Å². The van der Waals surface area contributed by atoms with Gasteiger partial charge < -0.3 is 5.43 Å². The van der Waals surface area contributed by atoms with E-state index in [2.05, 4.69) is 10.4 Å². The maximum atomic E-state index is 6.05. The van der Waals surface area contributed by atoms with Crippen LogP contribution < -0.4 is 11.3 Å². The van der Waals surface area contributed by atoms with E-state index in [0.29, 0.717) is 12.4 Å². The molecule has 1 aromatic rings. The van der Waals surface area contributed by atoms with Gasteiger partial charge in [0.05, 0.1) is 9.90 Å². The summed E-state index contributed by atoms with van der Waals surface area (Å²) in [5.74, 6) is 5.99. The van der Waals surface area contributed by atoms with Crippen molar-refractivity contribution in [2.24, 2.45) is 10.8 Å².